The third kappa shape index (κ3) is 5.46. The van der Waals surface area contributed by atoms with Crippen molar-refractivity contribution in [3.63, 3.8) is 0 Å². The fourth-order valence-corrected chi connectivity index (χ4v) is 2.72. The topological polar surface area (TPSA) is 115 Å². The van der Waals surface area contributed by atoms with Crippen molar-refractivity contribution in [2.45, 2.75) is 46.1 Å². The summed E-state index contributed by atoms with van der Waals surface area (Å²) in [5, 5.41) is 12.8. The van der Waals surface area contributed by atoms with Crippen molar-refractivity contribution in [3.8, 4) is 0 Å². The first-order chi connectivity index (χ1) is 11.7. The van der Waals surface area contributed by atoms with Crippen molar-refractivity contribution in [2.75, 3.05) is 13.3 Å². The summed E-state index contributed by atoms with van der Waals surface area (Å²) in [4.78, 5) is 42.5. The predicted molar refractivity (Wildman–Crippen MR) is 95.3 cm³/mol. The van der Waals surface area contributed by atoms with Crippen LogP contribution in [-0.4, -0.2) is 59.0 Å². The van der Waals surface area contributed by atoms with Crippen molar-refractivity contribution in [1.82, 2.24) is 20.6 Å². The van der Waals surface area contributed by atoms with Crippen molar-refractivity contribution >= 4 is 41.8 Å². The van der Waals surface area contributed by atoms with Gasteiger partial charge in [-0.3, -0.25) is 14.5 Å². The zero-order valence-corrected chi connectivity index (χ0v) is 15.6. The first kappa shape index (κ1) is 21.0. The Hall–Kier alpha value is -2.07. The second kappa shape index (κ2) is 8.86. The number of carbonyl (C=O) groups is 3. The van der Waals surface area contributed by atoms with E-state index in [1.54, 1.807) is 13.8 Å². The van der Waals surface area contributed by atoms with Crippen LogP contribution in [0.25, 0.3) is 0 Å². The summed E-state index contributed by atoms with van der Waals surface area (Å²) < 4.78 is 0. The lowest BCUT2D eigenvalue weighted by Crippen LogP contribution is -2.57. The molecular weight excluding hydrogens is 346 g/mol. The number of nitrogens with zero attached hydrogens (tertiary/aromatic N) is 2. The Kier molecular flexibility index (Phi) is 7.43. The normalized spacial score (nSPS) is 19.5. The van der Waals surface area contributed by atoms with Gasteiger partial charge < -0.3 is 20.9 Å². The highest BCUT2D eigenvalue weighted by Crippen LogP contribution is 2.28. The second-order valence-corrected chi connectivity index (χ2v) is 6.89. The van der Waals surface area contributed by atoms with Crippen molar-refractivity contribution in [2.24, 2.45) is 5.41 Å². The number of amides is 2. The lowest BCUT2D eigenvalue weighted by atomic mass is 9.86. The van der Waals surface area contributed by atoms with Crippen LogP contribution in [0, 0.1) is 10.8 Å². The molecule has 1 atom stereocenters. The van der Waals surface area contributed by atoms with Gasteiger partial charge in [0.25, 0.3) is 11.8 Å². The predicted octanol–water partition coefficient (Wildman–Crippen LogP) is 0.359. The van der Waals surface area contributed by atoms with Gasteiger partial charge in [-0.15, -0.1) is 5.06 Å². The maximum absolute atomic E-state index is 12.3. The molecule has 2 aliphatic heterocycles. The highest BCUT2D eigenvalue weighted by Gasteiger charge is 2.39. The third-order valence-electron chi connectivity index (χ3n) is 4.05. The molecule has 0 radical (unpaired) electrons. The number of thiocarbonyl (C=S) groups is 1. The molecule has 0 aromatic heterocycles. The maximum Gasteiger partial charge on any atom is 0.338 e. The van der Waals surface area contributed by atoms with Crippen molar-refractivity contribution in [1.29, 1.82) is 5.41 Å². The van der Waals surface area contributed by atoms with E-state index in [-0.39, 0.29) is 18.9 Å². The van der Waals surface area contributed by atoms with Gasteiger partial charge in [-0.1, -0.05) is 0 Å². The first-order valence-electron chi connectivity index (χ1n) is 7.90. The number of rotatable bonds is 5. The SMILES string of the molecule is C=N.CC(CC(C)(C)C(=O)ON1C(=O)CCC1=O)N1CNC(=S)NC1. The number of hydrogen-bond acceptors (Lipinski definition) is 7. The van der Waals surface area contributed by atoms with Gasteiger partial charge in [-0.05, 0) is 46.1 Å². The van der Waals surface area contributed by atoms with Crippen LogP contribution >= 0.6 is 12.2 Å². The van der Waals surface area contributed by atoms with Crippen LogP contribution in [0.5, 0.6) is 0 Å². The molecule has 140 valence electrons. The summed E-state index contributed by atoms with van der Waals surface area (Å²) in [7, 11) is 0. The number of carbonyl (C=O) groups excluding carboxylic acids is 3. The van der Waals surface area contributed by atoms with Crippen LogP contribution < -0.4 is 10.6 Å². The third-order valence-corrected chi connectivity index (χ3v) is 4.34. The minimum absolute atomic E-state index is 0.0747. The second-order valence-electron chi connectivity index (χ2n) is 6.49. The number of nitrogens with one attached hydrogen (secondary N) is 3. The van der Waals surface area contributed by atoms with Gasteiger partial charge in [0.05, 0.1) is 18.8 Å². The van der Waals surface area contributed by atoms with E-state index in [4.69, 9.17) is 22.5 Å². The standard InChI is InChI=1S/C14H22N4O4S.CH3N/c1-9(17-7-15-13(23)16-8-17)6-14(2,3)12(21)22-18-10(19)4-5-11(18)20;1-2/h9H,4-8H2,1-3H3,(H2,15,16,23);2H,1H2. The summed E-state index contributed by atoms with van der Waals surface area (Å²) in [6, 6.07) is 0.0747. The molecule has 1 unspecified atom stereocenters. The molecule has 2 saturated heterocycles. The first-order valence-corrected chi connectivity index (χ1v) is 8.31. The monoisotopic (exact) mass is 371 g/mol. The smallest absolute Gasteiger partial charge is 0.338 e. The molecule has 0 aromatic carbocycles. The Bertz CT molecular complexity index is 528. The van der Waals surface area contributed by atoms with Gasteiger partial charge in [0.1, 0.15) is 0 Å². The van der Waals surface area contributed by atoms with Gasteiger partial charge in [-0.25, -0.2) is 4.79 Å². The molecule has 0 spiro atoms. The van der Waals surface area contributed by atoms with E-state index in [9.17, 15) is 14.4 Å². The number of hydrogen-bond donors (Lipinski definition) is 3. The fraction of sp³-hybridized carbons (Fsp3) is 0.667. The number of imide groups is 1. The van der Waals surface area contributed by atoms with Crippen molar-refractivity contribution < 1.29 is 19.2 Å². The van der Waals surface area contributed by atoms with E-state index in [1.807, 2.05) is 6.92 Å². The van der Waals surface area contributed by atoms with E-state index in [0.717, 1.165) is 0 Å². The van der Waals surface area contributed by atoms with E-state index in [0.29, 0.717) is 29.9 Å². The summed E-state index contributed by atoms with van der Waals surface area (Å²) in [6.45, 7) is 9.18. The Morgan fingerprint density at radius 2 is 1.76 bits per heavy atom. The van der Waals surface area contributed by atoms with Gasteiger partial charge in [-0.2, -0.15) is 0 Å². The van der Waals surface area contributed by atoms with Gasteiger partial charge in [0, 0.05) is 18.9 Å². The maximum atomic E-state index is 12.3. The van der Waals surface area contributed by atoms with Crippen molar-refractivity contribution in [3.05, 3.63) is 0 Å². The Morgan fingerprint density at radius 3 is 2.24 bits per heavy atom. The molecule has 3 N–H and O–H groups in total. The zero-order chi connectivity index (χ0) is 19.2. The summed E-state index contributed by atoms with van der Waals surface area (Å²) >= 11 is 5.01. The Balaban J connectivity index is 0.00000151. The van der Waals surface area contributed by atoms with Crippen LogP contribution in [0.2, 0.25) is 0 Å². The minimum Gasteiger partial charge on any atom is -0.350 e. The average Bonchev–Trinajstić information content (AvgIpc) is 2.88. The average molecular weight is 371 g/mol. The van der Waals surface area contributed by atoms with Crippen LogP contribution in [0.4, 0.5) is 0 Å². The lowest BCUT2D eigenvalue weighted by molar-refractivity contribution is -0.204. The molecule has 2 fully saturated rings. The summed E-state index contributed by atoms with van der Waals surface area (Å²) in [6.07, 6.45) is 0.695. The molecule has 9 nitrogen and oxygen atoms in total. The van der Waals surface area contributed by atoms with E-state index >= 15 is 0 Å². The van der Waals surface area contributed by atoms with E-state index < -0.39 is 23.2 Å². The molecule has 0 aromatic rings. The molecule has 0 saturated carbocycles. The van der Waals surface area contributed by atoms with Gasteiger partial charge in [0.2, 0.25) is 0 Å². The molecule has 25 heavy (non-hydrogen) atoms. The lowest BCUT2D eigenvalue weighted by Gasteiger charge is -2.37. The zero-order valence-electron chi connectivity index (χ0n) is 14.8. The summed E-state index contributed by atoms with van der Waals surface area (Å²) in [5.74, 6) is -1.52. The Morgan fingerprint density at radius 1 is 1.28 bits per heavy atom. The molecule has 2 amide bonds. The van der Waals surface area contributed by atoms with E-state index in [2.05, 4.69) is 22.3 Å². The molecule has 0 bridgehead atoms. The van der Waals surface area contributed by atoms with Crippen LogP contribution in [0.1, 0.15) is 40.0 Å². The minimum atomic E-state index is -0.833. The Labute approximate surface area is 152 Å². The largest absolute Gasteiger partial charge is 0.350 e. The van der Waals surface area contributed by atoms with E-state index in [1.165, 1.54) is 0 Å². The fourth-order valence-electron chi connectivity index (χ4n) is 2.59. The molecular formula is C15H25N5O4S. The number of hydroxylamine groups is 2. The molecule has 0 aliphatic carbocycles. The molecule has 2 heterocycles. The highest BCUT2D eigenvalue weighted by molar-refractivity contribution is 7.80. The molecule has 2 aliphatic rings. The quantitative estimate of drug-likeness (QED) is 0.360. The van der Waals surface area contributed by atoms with Gasteiger partial charge >= 0.3 is 5.97 Å². The van der Waals surface area contributed by atoms with Crippen LogP contribution in [0.3, 0.4) is 0 Å². The molecule has 2 rings (SSSR count). The highest BCUT2D eigenvalue weighted by atomic mass is 32.1. The summed E-state index contributed by atoms with van der Waals surface area (Å²) in [5.41, 5.74) is -0.833. The van der Waals surface area contributed by atoms with Gasteiger partial charge in [0.15, 0.2) is 5.11 Å². The van der Waals surface area contributed by atoms with Crippen LogP contribution in [-0.2, 0) is 19.2 Å². The molecule has 10 heteroatoms. The van der Waals surface area contributed by atoms with Crippen LogP contribution in [0.15, 0.2) is 0 Å².